The first-order valence-corrected chi connectivity index (χ1v) is 9.49. The van der Waals surface area contributed by atoms with Gasteiger partial charge in [-0.1, -0.05) is 36.3 Å². The highest BCUT2D eigenvalue weighted by Crippen LogP contribution is 2.46. The van der Waals surface area contributed by atoms with Gasteiger partial charge < -0.3 is 15.3 Å². The first-order valence-electron chi connectivity index (χ1n) is 9.49. The van der Waals surface area contributed by atoms with Gasteiger partial charge >= 0.3 is 5.97 Å². The zero-order chi connectivity index (χ0) is 19.1. The Morgan fingerprint density at radius 3 is 2.88 bits per heavy atom. The highest BCUT2D eigenvalue weighted by molar-refractivity contribution is 5.66. The summed E-state index contributed by atoms with van der Waals surface area (Å²) in [6.07, 6.45) is 9.73. The number of fused-ring (bicyclic) bond motifs is 1. The van der Waals surface area contributed by atoms with Crippen molar-refractivity contribution in [1.82, 2.24) is 0 Å². The van der Waals surface area contributed by atoms with Crippen molar-refractivity contribution in [3.05, 3.63) is 34.9 Å². The number of carbonyl (C=O) groups is 1. The average molecular weight is 358 g/mol. The summed E-state index contributed by atoms with van der Waals surface area (Å²) in [6, 6.07) is 0. The van der Waals surface area contributed by atoms with Crippen LogP contribution in [0, 0.1) is 23.7 Å². The molecule has 26 heavy (non-hydrogen) atoms. The predicted molar refractivity (Wildman–Crippen MR) is 102 cm³/mol. The second-order valence-electron chi connectivity index (χ2n) is 7.42. The molecule has 0 amide bonds. The summed E-state index contributed by atoms with van der Waals surface area (Å²) in [6.45, 7) is 3.77. The van der Waals surface area contributed by atoms with Crippen molar-refractivity contribution < 1.29 is 20.1 Å². The molecule has 0 aromatic rings. The molecule has 0 radical (unpaired) electrons. The minimum Gasteiger partial charge on any atom is -0.481 e. The van der Waals surface area contributed by atoms with Gasteiger partial charge in [0.15, 0.2) is 0 Å². The maximum Gasteiger partial charge on any atom is 0.303 e. The van der Waals surface area contributed by atoms with Crippen molar-refractivity contribution in [2.75, 3.05) is 0 Å². The third kappa shape index (κ3) is 5.59. The second-order valence-corrected chi connectivity index (χ2v) is 7.42. The number of aliphatic hydroxyl groups is 2. The molecular formula is C22H30O4. The molecule has 2 aliphatic rings. The normalized spacial score (nSPS) is 26.1. The van der Waals surface area contributed by atoms with Crippen molar-refractivity contribution in [2.24, 2.45) is 11.8 Å². The Morgan fingerprint density at radius 2 is 2.19 bits per heavy atom. The highest BCUT2D eigenvalue weighted by atomic mass is 16.4. The number of carboxylic acids is 1. The van der Waals surface area contributed by atoms with E-state index in [1.54, 1.807) is 13.0 Å². The number of hydrogen-bond donors (Lipinski definition) is 3. The van der Waals surface area contributed by atoms with Gasteiger partial charge in [-0.05, 0) is 56.4 Å². The summed E-state index contributed by atoms with van der Waals surface area (Å²) < 4.78 is 0. The molecule has 4 atom stereocenters. The highest BCUT2D eigenvalue weighted by Gasteiger charge is 2.36. The zero-order valence-electron chi connectivity index (χ0n) is 15.7. The van der Waals surface area contributed by atoms with Gasteiger partial charge in [-0.25, -0.2) is 0 Å². The summed E-state index contributed by atoms with van der Waals surface area (Å²) in [5, 5.41) is 29.3. The molecule has 0 aromatic carbocycles. The summed E-state index contributed by atoms with van der Waals surface area (Å²) in [4.78, 5) is 10.6. The minimum absolute atomic E-state index is 0.0620. The molecule has 4 heteroatoms. The van der Waals surface area contributed by atoms with Crippen LogP contribution in [0.25, 0.3) is 0 Å². The van der Waals surface area contributed by atoms with Crippen LogP contribution < -0.4 is 0 Å². The Labute approximate surface area is 156 Å². The maximum atomic E-state index is 10.6. The van der Waals surface area contributed by atoms with Crippen molar-refractivity contribution in [1.29, 1.82) is 0 Å². The number of aliphatic hydroxyl groups excluding tert-OH is 2. The van der Waals surface area contributed by atoms with E-state index in [0.717, 1.165) is 31.3 Å². The zero-order valence-corrected chi connectivity index (χ0v) is 15.7. The van der Waals surface area contributed by atoms with Crippen molar-refractivity contribution in [3.8, 4) is 11.8 Å². The maximum absolute atomic E-state index is 10.6. The standard InChI is InChI=1S/C22H30O4/c1-3-4-7-15(2)20(23)11-10-18-19-13-16(8-5-6-9-22(25)26)12-17(19)14-21(18)24/h8,10-11,15,17,20-21,23-24H,5-7,9,12-14H2,1-2H3,(H,25,26)/t15?,17-,20+,21?/m0/s1. The fraction of sp³-hybridized carbons (Fsp3) is 0.591. The van der Waals surface area contributed by atoms with E-state index in [0.29, 0.717) is 18.8 Å². The largest absolute Gasteiger partial charge is 0.481 e. The van der Waals surface area contributed by atoms with Crippen LogP contribution in [0.15, 0.2) is 34.9 Å². The lowest BCUT2D eigenvalue weighted by Gasteiger charge is -2.13. The second kappa shape index (κ2) is 9.75. The Bertz CT molecular complexity index is 659. The lowest BCUT2D eigenvalue weighted by molar-refractivity contribution is -0.137. The molecule has 0 aliphatic heterocycles. The molecule has 4 nitrogen and oxygen atoms in total. The summed E-state index contributed by atoms with van der Waals surface area (Å²) >= 11 is 0. The van der Waals surface area contributed by atoms with Crippen LogP contribution in [0.3, 0.4) is 0 Å². The number of aliphatic carboxylic acids is 1. The number of rotatable bonds is 8. The Balaban J connectivity index is 1.99. The van der Waals surface area contributed by atoms with E-state index in [2.05, 4.69) is 17.9 Å². The Hall–Kier alpha value is -1.83. The Kier molecular flexibility index (Phi) is 7.68. The van der Waals surface area contributed by atoms with Crippen LogP contribution in [0.5, 0.6) is 0 Å². The summed E-state index contributed by atoms with van der Waals surface area (Å²) in [5.41, 5.74) is 3.59. The van der Waals surface area contributed by atoms with Crippen LogP contribution in [0.1, 0.15) is 58.8 Å². The lowest BCUT2D eigenvalue weighted by atomic mass is 9.99. The van der Waals surface area contributed by atoms with Crippen LogP contribution in [0.2, 0.25) is 0 Å². The summed E-state index contributed by atoms with van der Waals surface area (Å²) in [5.74, 6) is 5.54. The van der Waals surface area contributed by atoms with Gasteiger partial charge in [-0.3, -0.25) is 4.79 Å². The number of allylic oxidation sites excluding steroid dienone is 3. The van der Waals surface area contributed by atoms with Crippen molar-refractivity contribution >= 4 is 5.97 Å². The van der Waals surface area contributed by atoms with Crippen LogP contribution in [0.4, 0.5) is 0 Å². The molecule has 1 saturated carbocycles. The van der Waals surface area contributed by atoms with E-state index in [1.807, 2.05) is 13.0 Å². The Morgan fingerprint density at radius 1 is 1.42 bits per heavy atom. The molecule has 0 heterocycles. The molecular weight excluding hydrogens is 328 g/mol. The molecule has 2 unspecified atom stereocenters. The molecule has 0 saturated heterocycles. The molecule has 2 rings (SSSR count). The van der Waals surface area contributed by atoms with E-state index < -0.39 is 18.2 Å². The van der Waals surface area contributed by atoms with Gasteiger partial charge in [0.2, 0.25) is 0 Å². The van der Waals surface area contributed by atoms with E-state index in [1.165, 1.54) is 11.1 Å². The molecule has 3 N–H and O–H groups in total. The molecule has 0 aromatic heterocycles. The van der Waals surface area contributed by atoms with E-state index in [4.69, 9.17) is 5.11 Å². The quantitative estimate of drug-likeness (QED) is 0.352. The van der Waals surface area contributed by atoms with Gasteiger partial charge in [0.25, 0.3) is 0 Å². The number of unbranched alkanes of at least 4 members (excludes halogenated alkanes) is 1. The van der Waals surface area contributed by atoms with E-state index in [9.17, 15) is 15.0 Å². The average Bonchev–Trinajstić information content (AvgIpc) is 3.10. The van der Waals surface area contributed by atoms with E-state index >= 15 is 0 Å². The SMILES string of the molecule is CC#CCC(C)[C@H](O)C=CC1=C2CC(=CCCCC(=O)O)C[C@H]2CC1O. The molecule has 0 spiro atoms. The topological polar surface area (TPSA) is 77.8 Å². The van der Waals surface area contributed by atoms with Gasteiger partial charge in [0.05, 0.1) is 12.2 Å². The number of carboxylic acid groups (broad SMARTS) is 1. The number of hydrogen-bond acceptors (Lipinski definition) is 3. The third-order valence-corrected chi connectivity index (χ3v) is 5.34. The summed E-state index contributed by atoms with van der Waals surface area (Å²) in [7, 11) is 0. The van der Waals surface area contributed by atoms with Gasteiger partial charge in [-0.2, -0.15) is 0 Å². The predicted octanol–water partition coefficient (Wildman–Crippen LogP) is 3.61. The lowest BCUT2D eigenvalue weighted by Crippen LogP contribution is -2.14. The van der Waals surface area contributed by atoms with Crippen molar-refractivity contribution in [3.63, 3.8) is 0 Å². The monoisotopic (exact) mass is 358 g/mol. The van der Waals surface area contributed by atoms with Crippen LogP contribution in [-0.2, 0) is 4.79 Å². The fourth-order valence-electron chi connectivity index (χ4n) is 3.78. The van der Waals surface area contributed by atoms with Crippen molar-refractivity contribution in [2.45, 2.75) is 71.0 Å². The van der Waals surface area contributed by atoms with E-state index in [-0.39, 0.29) is 12.3 Å². The molecule has 2 aliphatic carbocycles. The van der Waals surface area contributed by atoms with Crippen LogP contribution >= 0.6 is 0 Å². The first-order chi connectivity index (χ1) is 12.4. The fourth-order valence-corrected chi connectivity index (χ4v) is 3.78. The molecule has 1 fully saturated rings. The van der Waals surface area contributed by atoms with Gasteiger partial charge in [0, 0.05) is 12.8 Å². The smallest absolute Gasteiger partial charge is 0.303 e. The van der Waals surface area contributed by atoms with Crippen LogP contribution in [-0.4, -0.2) is 33.5 Å². The minimum atomic E-state index is -0.748. The third-order valence-electron chi connectivity index (χ3n) is 5.34. The molecule has 142 valence electrons. The van der Waals surface area contributed by atoms with Gasteiger partial charge in [-0.15, -0.1) is 11.8 Å². The first kappa shape index (κ1) is 20.5. The van der Waals surface area contributed by atoms with Gasteiger partial charge in [0.1, 0.15) is 0 Å². The molecule has 0 bridgehead atoms.